The lowest BCUT2D eigenvalue weighted by molar-refractivity contribution is 0.0754. The zero-order valence-electron chi connectivity index (χ0n) is 12.7. The molecule has 0 aliphatic carbocycles. The van der Waals surface area contributed by atoms with E-state index < -0.39 is 0 Å². The highest BCUT2D eigenvalue weighted by molar-refractivity contribution is 5.16. The standard InChI is InChI=1S/C17H28N2O/c1-2-3-12-20-13-11-19-10-9-18-15-17(19)14-16-7-5-4-6-8-16/h4-8,17-18H,2-3,9-15H2,1H3. The zero-order chi connectivity index (χ0) is 14.0. The number of hydrogen-bond acceptors (Lipinski definition) is 3. The Morgan fingerprint density at radius 1 is 1.25 bits per heavy atom. The van der Waals surface area contributed by atoms with Crippen molar-refractivity contribution in [3.63, 3.8) is 0 Å². The minimum absolute atomic E-state index is 0.598. The lowest BCUT2D eigenvalue weighted by Gasteiger charge is -2.36. The molecule has 0 spiro atoms. The van der Waals surface area contributed by atoms with E-state index in [4.69, 9.17) is 4.74 Å². The third kappa shape index (κ3) is 5.23. The van der Waals surface area contributed by atoms with Crippen LogP contribution >= 0.6 is 0 Å². The second kappa shape index (κ2) is 9.11. The molecule has 1 saturated heterocycles. The van der Waals surface area contributed by atoms with E-state index >= 15 is 0 Å². The van der Waals surface area contributed by atoms with Crippen molar-refractivity contribution in [2.75, 3.05) is 39.4 Å². The van der Waals surface area contributed by atoms with Crippen LogP contribution in [0, 0.1) is 0 Å². The molecule has 2 rings (SSSR count). The Kier molecular flexibility index (Phi) is 7.06. The Morgan fingerprint density at radius 3 is 2.90 bits per heavy atom. The molecule has 1 fully saturated rings. The van der Waals surface area contributed by atoms with E-state index in [2.05, 4.69) is 47.5 Å². The summed E-state index contributed by atoms with van der Waals surface area (Å²) in [7, 11) is 0. The van der Waals surface area contributed by atoms with Gasteiger partial charge >= 0.3 is 0 Å². The molecular weight excluding hydrogens is 248 g/mol. The minimum atomic E-state index is 0.598. The highest BCUT2D eigenvalue weighted by Crippen LogP contribution is 2.10. The average Bonchev–Trinajstić information content (AvgIpc) is 2.50. The molecule has 1 aromatic carbocycles. The molecule has 0 saturated carbocycles. The maximum atomic E-state index is 5.71. The van der Waals surface area contributed by atoms with Gasteiger partial charge in [0.15, 0.2) is 0 Å². The van der Waals surface area contributed by atoms with Crippen LogP contribution in [0.25, 0.3) is 0 Å². The molecule has 1 aromatic rings. The SMILES string of the molecule is CCCCOCCN1CCNCC1Cc1ccccc1. The maximum Gasteiger partial charge on any atom is 0.0593 e. The average molecular weight is 276 g/mol. The lowest BCUT2D eigenvalue weighted by atomic mass is 10.0. The fourth-order valence-electron chi connectivity index (χ4n) is 2.72. The number of ether oxygens (including phenoxy) is 1. The van der Waals surface area contributed by atoms with Crippen molar-refractivity contribution >= 4 is 0 Å². The molecule has 1 aliphatic heterocycles. The van der Waals surface area contributed by atoms with E-state index in [9.17, 15) is 0 Å². The Hall–Kier alpha value is -0.900. The van der Waals surface area contributed by atoms with Crippen molar-refractivity contribution in [1.29, 1.82) is 0 Å². The molecule has 0 amide bonds. The summed E-state index contributed by atoms with van der Waals surface area (Å²) in [5.74, 6) is 0. The van der Waals surface area contributed by atoms with E-state index in [0.29, 0.717) is 6.04 Å². The Balaban J connectivity index is 1.76. The van der Waals surface area contributed by atoms with E-state index in [1.54, 1.807) is 0 Å². The fraction of sp³-hybridized carbons (Fsp3) is 0.647. The first-order chi connectivity index (χ1) is 9.90. The smallest absolute Gasteiger partial charge is 0.0593 e. The van der Waals surface area contributed by atoms with Crippen LogP contribution in [0.3, 0.4) is 0 Å². The van der Waals surface area contributed by atoms with Gasteiger partial charge < -0.3 is 10.1 Å². The number of unbranched alkanes of at least 4 members (excludes halogenated alkanes) is 1. The number of nitrogens with one attached hydrogen (secondary N) is 1. The third-order valence-corrected chi connectivity index (χ3v) is 3.95. The Labute approximate surface area is 123 Å². The molecule has 112 valence electrons. The number of hydrogen-bond donors (Lipinski definition) is 1. The molecule has 3 heteroatoms. The third-order valence-electron chi connectivity index (χ3n) is 3.95. The Bertz CT molecular complexity index is 355. The minimum Gasteiger partial charge on any atom is -0.380 e. The van der Waals surface area contributed by atoms with Crippen molar-refractivity contribution in [2.24, 2.45) is 0 Å². The van der Waals surface area contributed by atoms with E-state index in [-0.39, 0.29) is 0 Å². The second-order valence-corrected chi connectivity index (χ2v) is 5.55. The van der Waals surface area contributed by atoms with Crippen LogP contribution in [0.15, 0.2) is 30.3 Å². The van der Waals surface area contributed by atoms with Gasteiger partial charge in [0.05, 0.1) is 6.61 Å². The first kappa shape index (κ1) is 15.5. The summed E-state index contributed by atoms with van der Waals surface area (Å²) in [4.78, 5) is 2.58. The Morgan fingerprint density at radius 2 is 2.10 bits per heavy atom. The maximum absolute atomic E-state index is 5.71. The van der Waals surface area contributed by atoms with E-state index in [1.165, 1.54) is 18.4 Å². The van der Waals surface area contributed by atoms with Crippen LogP contribution in [0.2, 0.25) is 0 Å². The summed E-state index contributed by atoms with van der Waals surface area (Å²) >= 11 is 0. The largest absolute Gasteiger partial charge is 0.380 e. The van der Waals surface area contributed by atoms with Gasteiger partial charge in [0.25, 0.3) is 0 Å². The molecule has 1 heterocycles. The normalized spacial score (nSPS) is 20.1. The van der Waals surface area contributed by atoms with Crippen molar-refractivity contribution in [3.05, 3.63) is 35.9 Å². The van der Waals surface area contributed by atoms with Gasteiger partial charge in [-0.25, -0.2) is 0 Å². The van der Waals surface area contributed by atoms with Crippen LogP contribution in [-0.4, -0.2) is 50.3 Å². The molecule has 1 N–H and O–H groups in total. The van der Waals surface area contributed by atoms with E-state index in [0.717, 1.165) is 45.8 Å². The van der Waals surface area contributed by atoms with Gasteiger partial charge in [-0.05, 0) is 18.4 Å². The van der Waals surface area contributed by atoms with Crippen molar-refractivity contribution in [2.45, 2.75) is 32.2 Å². The molecule has 1 unspecified atom stereocenters. The predicted octanol–water partition coefficient (Wildman–Crippen LogP) is 2.32. The predicted molar refractivity (Wildman–Crippen MR) is 84.1 cm³/mol. The van der Waals surface area contributed by atoms with Gasteiger partial charge in [-0.3, -0.25) is 4.90 Å². The number of benzene rings is 1. The summed E-state index contributed by atoms with van der Waals surface area (Å²) < 4.78 is 5.71. The van der Waals surface area contributed by atoms with Crippen LogP contribution < -0.4 is 5.32 Å². The van der Waals surface area contributed by atoms with Crippen molar-refractivity contribution < 1.29 is 4.74 Å². The molecule has 0 bridgehead atoms. The molecule has 20 heavy (non-hydrogen) atoms. The molecule has 0 aromatic heterocycles. The lowest BCUT2D eigenvalue weighted by Crippen LogP contribution is -2.53. The van der Waals surface area contributed by atoms with Gasteiger partial charge in [-0.2, -0.15) is 0 Å². The molecule has 0 radical (unpaired) electrons. The fourth-order valence-corrected chi connectivity index (χ4v) is 2.72. The quantitative estimate of drug-likeness (QED) is 0.738. The van der Waals surface area contributed by atoms with Crippen LogP contribution in [0.5, 0.6) is 0 Å². The summed E-state index contributed by atoms with van der Waals surface area (Å²) in [5, 5.41) is 3.51. The van der Waals surface area contributed by atoms with Crippen molar-refractivity contribution in [3.8, 4) is 0 Å². The monoisotopic (exact) mass is 276 g/mol. The molecular formula is C17H28N2O. The van der Waals surface area contributed by atoms with Crippen LogP contribution in [0.4, 0.5) is 0 Å². The summed E-state index contributed by atoms with van der Waals surface area (Å²) in [6.07, 6.45) is 3.52. The van der Waals surface area contributed by atoms with Gasteiger partial charge in [0.2, 0.25) is 0 Å². The molecule has 1 aliphatic rings. The highest BCUT2D eigenvalue weighted by Gasteiger charge is 2.21. The van der Waals surface area contributed by atoms with Crippen LogP contribution in [0.1, 0.15) is 25.3 Å². The van der Waals surface area contributed by atoms with Gasteiger partial charge in [-0.15, -0.1) is 0 Å². The highest BCUT2D eigenvalue weighted by atomic mass is 16.5. The summed E-state index contributed by atoms with van der Waals surface area (Å²) in [6.45, 7) is 8.36. The van der Waals surface area contributed by atoms with Gasteiger partial charge in [-0.1, -0.05) is 43.7 Å². The molecule has 3 nitrogen and oxygen atoms in total. The van der Waals surface area contributed by atoms with Crippen molar-refractivity contribution in [1.82, 2.24) is 10.2 Å². The number of piperazine rings is 1. The summed E-state index contributed by atoms with van der Waals surface area (Å²) in [5.41, 5.74) is 1.43. The number of nitrogens with zero attached hydrogens (tertiary/aromatic N) is 1. The first-order valence-electron chi connectivity index (χ1n) is 7.96. The molecule has 1 atom stereocenters. The second-order valence-electron chi connectivity index (χ2n) is 5.55. The summed E-state index contributed by atoms with van der Waals surface area (Å²) in [6, 6.07) is 11.4. The zero-order valence-corrected chi connectivity index (χ0v) is 12.7. The van der Waals surface area contributed by atoms with Gasteiger partial charge in [0, 0.05) is 38.8 Å². The van der Waals surface area contributed by atoms with Crippen LogP contribution in [-0.2, 0) is 11.2 Å². The topological polar surface area (TPSA) is 24.5 Å². The van der Waals surface area contributed by atoms with E-state index in [1.807, 2.05) is 0 Å². The van der Waals surface area contributed by atoms with Gasteiger partial charge in [0.1, 0.15) is 0 Å². The first-order valence-corrected chi connectivity index (χ1v) is 7.96. The number of rotatable bonds is 8.